The summed E-state index contributed by atoms with van der Waals surface area (Å²) in [7, 11) is -3.43. The molecule has 1 amide bonds. The van der Waals surface area contributed by atoms with Crippen LogP contribution in [0.1, 0.15) is 32.3 Å². The van der Waals surface area contributed by atoms with Crippen molar-refractivity contribution >= 4 is 15.9 Å². The zero-order valence-electron chi connectivity index (χ0n) is 12.9. The third-order valence-electron chi connectivity index (χ3n) is 3.12. The van der Waals surface area contributed by atoms with Crippen molar-refractivity contribution in [3.05, 3.63) is 35.9 Å². The second-order valence-corrected chi connectivity index (χ2v) is 7.26. The van der Waals surface area contributed by atoms with Gasteiger partial charge in [-0.15, -0.1) is 0 Å². The maximum atomic E-state index is 12.0. The molecule has 0 bridgehead atoms. The molecule has 0 unspecified atom stereocenters. The fourth-order valence-electron chi connectivity index (χ4n) is 2.06. The van der Waals surface area contributed by atoms with E-state index in [0.717, 1.165) is 24.7 Å². The summed E-state index contributed by atoms with van der Waals surface area (Å²) >= 11 is 0. The monoisotopic (exact) mass is 312 g/mol. The number of carbonyl (C=O) groups is 1. The Hall–Kier alpha value is -1.40. The molecule has 0 fully saturated rings. The van der Waals surface area contributed by atoms with Crippen LogP contribution in [-0.2, 0) is 21.4 Å². The first-order chi connectivity index (χ1) is 9.82. The van der Waals surface area contributed by atoms with Crippen molar-refractivity contribution in [1.29, 1.82) is 0 Å². The molecule has 1 rings (SSSR count). The SMILES string of the molecule is CCC[C@@H](C)NC(=O)CN(Cc1ccccc1)S(C)(=O)=O. The molecular formula is C15H24N2O3S. The molecule has 1 atom stereocenters. The molecular weight excluding hydrogens is 288 g/mol. The summed E-state index contributed by atoms with van der Waals surface area (Å²) < 4.78 is 24.8. The molecule has 1 aromatic rings. The van der Waals surface area contributed by atoms with Gasteiger partial charge in [-0.25, -0.2) is 8.42 Å². The van der Waals surface area contributed by atoms with Crippen molar-refractivity contribution in [3.8, 4) is 0 Å². The van der Waals surface area contributed by atoms with Crippen molar-refractivity contribution in [1.82, 2.24) is 9.62 Å². The summed E-state index contributed by atoms with van der Waals surface area (Å²) in [5.41, 5.74) is 0.859. The lowest BCUT2D eigenvalue weighted by Gasteiger charge is -2.21. The minimum Gasteiger partial charge on any atom is -0.353 e. The zero-order chi connectivity index (χ0) is 15.9. The molecule has 1 N–H and O–H groups in total. The first-order valence-corrected chi connectivity index (χ1v) is 8.96. The average molecular weight is 312 g/mol. The first kappa shape index (κ1) is 17.7. The molecule has 0 aliphatic carbocycles. The number of rotatable bonds is 8. The highest BCUT2D eigenvalue weighted by Gasteiger charge is 2.21. The average Bonchev–Trinajstić information content (AvgIpc) is 2.38. The fraction of sp³-hybridized carbons (Fsp3) is 0.533. The van der Waals surface area contributed by atoms with Gasteiger partial charge in [-0.3, -0.25) is 4.79 Å². The number of nitrogens with one attached hydrogen (secondary N) is 1. The van der Waals surface area contributed by atoms with E-state index in [-0.39, 0.29) is 25.0 Å². The van der Waals surface area contributed by atoms with Gasteiger partial charge in [0.05, 0.1) is 12.8 Å². The molecule has 0 aromatic heterocycles. The molecule has 21 heavy (non-hydrogen) atoms. The van der Waals surface area contributed by atoms with Crippen molar-refractivity contribution in [3.63, 3.8) is 0 Å². The van der Waals surface area contributed by atoms with E-state index in [1.807, 2.05) is 44.2 Å². The Balaban J connectivity index is 2.69. The van der Waals surface area contributed by atoms with Gasteiger partial charge < -0.3 is 5.32 Å². The van der Waals surface area contributed by atoms with Gasteiger partial charge in [-0.2, -0.15) is 4.31 Å². The molecule has 6 heteroatoms. The van der Waals surface area contributed by atoms with Gasteiger partial charge in [0, 0.05) is 12.6 Å². The fourth-order valence-corrected chi connectivity index (χ4v) is 2.80. The normalized spacial score (nSPS) is 13.1. The summed E-state index contributed by atoms with van der Waals surface area (Å²) in [6, 6.07) is 9.30. The van der Waals surface area contributed by atoms with Crippen LogP contribution in [0.4, 0.5) is 0 Å². The highest BCUT2D eigenvalue weighted by Crippen LogP contribution is 2.08. The largest absolute Gasteiger partial charge is 0.353 e. The predicted octanol–water partition coefficient (Wildman–Crippen LogP) is 1.75. The summed E-state index contributed by atoms with van der Waals surface area (Å²) in [4.78, 5) is 12.0. The number of benzene rings is 1. The van der Waals surface area contributed by atoms with Crippen LogP contribution in [0, 0.1) is 0 Å². The standard InChI is InChI=1S/C15H24N2O3S/c1-4-8-13(2)16-15(18)12-17(21(3,19)20)11-14-9-6-5-7-10-14/h5-7,9-10,13H,4,8,11-12H2,1-3H3,(H,16,18)/t13-/m1/s1. The second kappa shape index (κ2) is 8.14. The van der Waals surface area contributed by atoms with Gasteiger partial charge in [0.15, 0.2) is 0 Å². The Kier molecular flexibility index (Phi) is 6.84. The third-order valence-corrected chi connectivity index (χ3v) is 4.32. The maximum absolute atomic E-state index is 12.0. The van der Waals surface area contributed by atoms with E-state index < -0.39 is 10.0 Å². The van der Waals surface area contributed by atoms with Crippen LogP contribution >= 0.6 is 0 Å². The van der Waals surface area contributed by atoms with Gasteiger partial charge in [-0.05, 0) is 18.9 Å². The van der Waals surface area contributed by atoms with Gasteiger partial charge in [0.2, 0.25) is 15.9 Å². The van der Waals surface area contributed by atoms with Crippen molar-refractivity contribution in [2.75, 3.05) is 12.8 Å². The third kappa shape index (κ3) is 6.73. The van der Waals surface area contributed by atoms with Gasteiger partial charge in [-0.1, -0.05) is 43.7 Å². The van der Waals surface area contributed by atoms with E-state index in [1.165, 1.54) is 4.31 Å². The predicted molar refractivity (Wildman–Crippen MR) is 84.2 cm³/mol. The first-order valence-electron chi connectivity index (χ1n) is 7.11. The number of hydrogen-bond donors (Lipinski definition) is 1. The van der Waals surface area contributed by atoms with Crippen LogP contribution in [0.25, 0.3) is 0 Å². The molecule has 0 aliphatic rings. The van der Waals surface area contributed by atoms with Crippen molar-refractivity contribution in [2.45, 2.75) is 39.3 Å². The maximum Gasteiger partial charge on any atom is 0.235 e. The minimum atomic E-state index is -3.43. The minimum absolute atomic E-state index is 0.0561. The van der Waals surface area contributed by atoms with E-state index in [4.69, 9.17) is 0 Å². The Morgan fingerprint density at radius 1 is 1.29 bits per heavy atom. The molecule has 0 spiro atoms. The van der Waals surface area contributed by atoms with Crippen LogP contribution in [-0.4, -0.2) is 37.5 Å². The summed E-state index contributed by atoms with van der Waals surface area (Å²) in [5.74, 6) is -0.266. The second-order valence-electron chi connectivity index (χ2n) is 5.27. The molecule has 5 nitrogen and oxygen atoms in total. The number of sulfonamides is 1. The molecule has 0 heterocycles. The van der Waals surface area contributed by atoms with Crippen LogP contribution in [0.5, 0.6) is 0 Å². The number of amides is 1. The highest BCUT2D eigenvalue weighted by molar-refractivity contribution is 7.88. The molecule has 0 aliphatic heterocycles. The molecule has 0 radical (unpaired) electrons. The van der Waals surface area contributed by atoms with Crippen LogP contribution in [0.15, 0.2) is 30.3 Å². The van der Waals surface area contributed by atoms with Gasteiger partial charge in [0.1, 0.15) is 0 Å². The molecule has 0 saturated carbocycles. The number of nitrogens with zero attached hydrogens (tertiary/aromatic N) is 1. The van der Waals surface area contributed by atoms with E-state index in [0.29, 0.717) is 0 Å². The lowest BCUT2D eigenvalue weighted by molar-refractivity contribution is -0.122. The Morgan fingerprint density at radius 2 is 1.90 bits per heavy atom. The van der Waals surface area contributed by atoms with Crippen LogP contribution in [0.2, 0.25) is 0 Å². The lowest BCUT2D eigenvalue weighted by Crippen LogP contribution is -2.42. The smallest absolute Gasteiger partial charge is 0.235 e. The molecule has 118 valence electrons. The van der Waals surface area contributed by atoms with E-state index in [2.05, 4.69) is 5.32 Å². The molecule has 1 aromatic carbocycles. The molecule has 0 saturated heterocycles. The van der Waals surface area contributed by atoms with Gasteiger partial charge >= 0.3 is 0 Å². The van der Waals surface area contributed by atoms with E-state index in [9.17, 15) is 13.2 Å². The Morgan fingerprint density at radius 3 is 2.43 bits per heavy atom. The van der Waals surface area contributed by atoms with Crippen LogP contribution in [0.3, 0.4) is 0 Å². The highest BCUT2D eigenvalue weighted by atomic mass is 32.2. The zero-order valence-corrected chi connectivity index (χ0v) is 13.7. The summed E-state index contributed by atoms with van der Waals surface area (Å²) in [6.07, 6.45) is 2.98. The summed E-state index contributed by atoms with van der Waals surface area (Å²) in [5, 5.41) is 2.82. The van der Waals surface area contributed by atoms with Crippen molar-refractivity contribution in [2.24, 2.45) is 0 Å². The number of carbonyl (C=O) groups excluding carboxylic acids is 1. The quantitative estimate of drug-likeness (QED) is 0.795. The summed E-state index contributed by atoms with van der Waals surface area (Å²) in [6.45, 7) is 4.02. The van der Waals surface area contributed by atoms with E-state index >= 15 is 0 Å². The lowest BCUT2D eigenvalue weighted by atomic mass is 10.2. The van der Waals surface area contributed by atoms with Crippen LogP contribution < -0.4 is 5.32 Å². The van der Waals surface area contributed by atoms with E-state index in [1.54, 1.807) is 0 Å². The van der Waals surface area contributed by atoms with Gasteiger partial charge in [0.25, 0.3) is 0 Å². The Labute approximate surface area is 127 Å². The Bertz CT molecular complexity index is 543. The number of hydrogen-bond acceptors (Lipinski definition) is 3. The van der Waals surface area contributed by atoms with Crippen molar-refractivity contribution < 1.29 is 13.2 Å². The topological polar surface area (TPSA) is 66.5 Å².